The molecule has 0 atom stereocenters. The summed E-state index contributed by atoms with van der Waals surface area (Å²) in [6, 6.07) is 19.9. The van der Waals surface area contributed by atoms with Gasteiger partial charge in [0.1, 0.15) is 12.2 Å². The minimum Gasteiger partial charge on any atom is -0.481 e. The first-order valence-corrected chi connectivity index (χ1v) is 9.08. The maximum atomic E-state index is 13.1. The first kappa shape index (κ1) is 18.7. The lowest BCUT2D eigenvalue weighted by Gasteiger charge is -2.12. The van der Waals surface area contributed by atoms with Gasteiger partial charge in [-0.05, 0) is 35.9 Å². The molecular weight excluding hydrogens is 394 g/mol. The van der Waals surface area contributed by atoms with E-state index in [1.54, 1.807) is 24.3 Å². The van der Waals surface area contributed by atoms with Crippen molar-refractivity contribution in [2.24, 2.45) is 0 Å². The highest BCUT2D eigenvalue weighted by Gasteiger charge is 2.18. The summed E-state index contributed by atoms with van der Waals surface area (Å²) in [6.45, 7) is 0.0503. The van der Waals surface area contributed by atoms with Crippen molar-refractivity contribution >= 4 is 28.3 Å². The topological polar surface area (TPSA) is 82.6 Å². The number of benzene rings is 3. The average molecular weight is 408 g/mol. The van der Waals surface area contributed by atoms with Crippen LogP contribution in [0.1, 0.15) is 5.56 Å². The summed E-state index contributed by atoms with van der Waals surface area (Å²) >= 11 is 6.04. The molecule has 4 aromatic rings. The average Bonchev–Trinajstić information content (AvgIpc) is 2.74. The van der Waals surface area contributed by atoms with Gasteiger partial charge in [0.25, 0.3) is 5.69 Å². The molecule has 0 radical (unpaired) electrons. The van der Waals surface area contributed by atoms with Crippen LogP contribution in [0.5, 0.6) is 5.75 Å². The normalized spacial score (nSPS) is 10.8. The van der Waals surface area contributed by atoms with Crippen molar-refractivity contribution < 1.29 is 14.1 Å². The van der Waals surface area contributed by atoms with E-state index >= 15 is 0 Å². The Labute approximate surface area is 170 Å². The molecule has 1 aromatic heterocycles. The van der Waals surface area contributed by atoms with Crippen molar-refractivity contribution in [1.82, 2.24) is 0 Å². The second-order valence-corrected chi connectivity index (χ2v) is 6.74. The summed E-state index contributed by atoms with van der Waals surface area (Å²) in [5.41, 5.74) is 1.43. The Hall–Kier alpha value is -3.64. The standard InChI is InChI=1S/C22H14ClNO5/c23-16-8-11-19-18(12-16)20(25)22(21(29-19)15-4-2-1-3-5-15)28-13-14-6-9-17(10-7-14)24(26)27/h1-12H,13H2. The van der Waals surface area contributed by atoms with Crippen molar-refractivity contribution in [2.75, 3.05) is 0 Å². The summed E-state index contributed by atoms with van der Waals surface area (Å²) in [4.78, 5) is 23.4. The minimum absolute atomic E-state index is 0.0152. The lowest BCUT2D eigenvalue weighted by molar-refractivity contribution is -0.384. The van der Waals surface area contributed by atoms with Crippen LogP contribution in [0.25, 0.3) is 22.3 Å². The first-order chi connectivity index (χ1) is 14.0. The molecule has 0 spiro atoms. The van der Waals surface area contributed by atoms with E-state index < -0.39 is 4.92 Å². The molecule has 0 unspecified atom stereocenters. The van der Waals surface area contributed by atoms with Crippen LogP contribution in [0.15, 0.2) is 82.0 Å². The van der Waals surface area contributed by atoms with E-state index in [0.29, 0.717) is 32.9 Å². The molecule has 0 N–H and O–H groups in total. The van der Waals surface area contributed by atoms with Crippen LogP contribution in [-0.2, 0) is 6.61 Å². The Morgan fingerprint density at radius 3 is 2.41 bits per heavy atom. The van der Waals surface area contributed by atoms with Crippen LogP contribution in [-0.4, -0.2) is 4.92 Å². The van der Waals surface area contributed by atoms with Gasteiger partial charge in [0, 0.05) is 22.7 Å². The monoisotopic (exact) mass is 407 g/mol. The third kappa shape index (κ3) is 3.83. The maximum absolute atomic E-state index is 13.1. The van der Waals surface area contributed by atoms with E-state index in [9.17, 15) is 14.9 Å². The number of ether oxygens (including phenoxy) is 1. The Morgan fingerprint density at radius 2 is 1.72 bits per heavy atom. The molecule has 0 saturated heterocycles. The fraction of sp³-hybridized carbons (Fsp3) is 0.0455. The van der Waals surface area contributed by atoms with Crippen molar-refractivity contribution in [2.45, 2.75) is 6.61 Å². The van der Waals surface area contributed by atoms with Crippen molar-refractivity contribution in [3.8, 4) is 17.1 Å². The molecule has 6 nitrogen and oxygen atoms in total. The van der Waals surface area contributed by atoms with Crippen LogP contribution < -0.4 is 10.2 Å². The highest BCUT2D eigenvalue weighted by Crippen LogP contribution is 2.32. The number of nitro benzene ring substituents is 1. The Morgan fingerprint density at radius 1 is 1.00 bits per heavy atom. The van der Waals surface area contributed by atoms with E-state index in [0.717, 1.165) is 0 Å². The molecular formula is C22H14ClNO5. The van der Waals surface area contributed by atoms with Crippen LogP contribution in [0, 0.1) is 10.1 Å². The molecule has 4 rings (SSSR count). The molecule has 0 aliphatic heterocycles. The van der Waals surface area contributed by atoms with E-state index in [1.165, 1.54) is 18.2 Å². The third-order valence-corrected chi connectivity index (χ3v) is 4.61. The summed E-state index contributed by atoms with van der Waals surface area (Å²) in [5, 5.41) is 11.5. The number of fused-ring (bicyclic) bond motifs is 1. The maximum Gasteiger partial charge on any atom is 0.269 e. The predicted molar refractivity (Wildman–Crippen MR) is 110 cm³/mol. The van der Waals surface area contributed by atoms with Gasteiger partial charge in [-0.3, -0.25) is 14.9 Å². The van der Waals surface area contributed by atoms with Gasteiger partial charge < -0.3 is 9.15 Å². The zero-order chi connectivity index (χ0) is 20.4. The van der Waals surface area contributed by atoms with Crippen molar-refractivity contribution in [3.05, 3.63) is 104 Å². The lowest BCUT2D eigenvalue weighted by atomic mass is 10.1. The highest BCUT2D eigenvalue weighted by atomic mass is 35.5. The van der Waals surface area contributed by atoms with Gasteiger partial charge >= 0.3 is 0 Å². The highest BCUT2D eigenvalue weighted by molar-refractivity contribution is 6.31. The molecule has 0 bridgehead atoms. The number of rotatable bonds is 5. The summed E-state index contributed by atoms with van der Waals surface area (Å²) in [7, 11) is 0. The summed E-state index contributed by atoms with van der Waals surface area (Å²) < 4.78 is 11.8. The van der Waals surface area contributed by atoms with Crippen LogP contribution in [0.4, 0.5) is 5.69 Å². The van der Waals surface area contributed by atoms with Crippen molar-refractivity contribution in [3.63, 3.8) is 0 Å². The van der Waals surface area contributed by atoms with Gasteiger partial charge in [-0.15, -0.1) is 0 Å². The quantitative estimate of drug-likeness (QED) is 0.317. The molecule has 0 saturated carbocycles. The Bertz CT molecular complexity index is 1250. The largest absolute Gasteiger partial charge is 0.481 e. The molecule has 0 aliphatic carbocycles. The van der Waals surface area contributed by atoms with E-state index in [-0.39, 0.29) is 23.5 Å². The van der Waals surface area contributed by atoms with Gasteiger partial charge in [-0.1, -0.05) is 41.9 Å². The lowest BCUT2D eigenvalue weighted by Crippen LogP contribution is -2.10. The SMILES string of the molecule is O=c1c(OCc2ccc([N+](=O)[O-])cc2)c(-c2ccccc2)oc2ccc(Cl)cc12. The van der Waals surface area contributed by atoms with E-state index in [4.69, 9.17) is 20.8 Å². The second-order valence-electron chi connectivity index (χ2n) is 6.31. The second kappa shape index (κ2) is 7.77. The zero-order valence-corrected chi connectivity index (χ0v) is 15.8. The molecule has 0 amide bonds. The van der Waals surface area contributed by atoms with Crippen LogP contribution in [0.2, 0.25) is 5.02 Å². The summed E-state index contributed by atoms with van der Waals surface area (Å²) in [5.74, 6) is 0.372. The van der Waals surface area contributed by atoms with Gasteiger partial charge in [-0.2, -0.15) is 0 Å². The molecule has 29 heavy (non-hydrogen) atoms. The van der Waals surface area contributed by atoms with Crippen LogP contribution >= 0.6 is 11.6 Å². The molecule has 0 fully saturated rings. The third-order valence-electron chi connectivity index (χ3n) is 4.38. The molecule has 144 valence electrons. The first-order valence-electron chi connectivity index (χ1n) is 8.71. The number of nitrogens with zero attached hydrogens (tertiary/aromatic N) is 1. The van der Waals surface area contributed by atoms with Gasteiger partial charge in [0.15, 0.2) is 5.76 Å². The van der Waals surface area contributed by atoms with E-state index in [2.05, 4.69) is 0 Å². The number of hydrogen-bond donors (Lipinski definition) is 0. The van der Waals surface area contributed by atoms with E-state index in [1.807, 2.05) is 30.3 Å². The molecule has 0 aliphatic rings. The number of nitro groups is 1. The van der Waals surface area contributed by atoms with Gasteiger partial charge in [-0.25, -0.2) is 0 Å². The Kier molecular flexibility index (Phi) is 5.01. The molecule has 7 heteroatoms. The summed E-state index contributed by atoms with van der Waals surface area (Å²) in [6.07, 6.45) is 0. The number of halogens is 1. The van der Waals surface area contributed by atoms with Gasteiger partial charge in [0.2, 0.25) is 11.2 Å². The fourth-order valence-corrected chi connectivity index (χ4v) is 3.10. The molecule has 1 heterocycles. The Balaban J connectivity index is 1.77. The predicted octanol–water partition coefficient (Wildman–Crippen LogP) is 5.60. The smallest absolute Gasteiger partial charge is 0.269 e. The van der Waals surface area contributed by atoms with Gasteiger partial charge in [0.05, 0.1) is 10.3 Å². The fourth-order valence-electron chi connectivity index (χ4n) is 2.93. The molecule has 3 aromatic carbocycles. The van der Waals surface area contributed by atoms with Crippen molar-refractivity contribution in [1.29, 1.82) is 0 Å². The minimum atomic E-state index is -0.472. The number of hydrogen-bond acceptors (Lipinski definition) is 5. The number of non-ortho nitro benzene ring substituents is 1. The van der Waals surface area contributed by atoms with Crippen LogP contribution in [0.3, 0.4) is 0 Å². The zero-order valence-electron chi connectivity index (χ0n) is 15.0.